The molecule has 3 rings (SSSR count). The highest BCUT2D eigenvalue weighted by molar-refractivity contribution is 5.83. The third-order valence-corrected chi connectivity index (χ3v) is 3.42. The van der Waals surface area contributed by atoms with E-state index >= 15 is 0 Å². The highest BCUT2D eigenvalue weighted by atomic mass is 16.5. The summed E-state index contributed by atoms with van der Waals surface area (Å²) in [5.74, 6) is 0.733. The van der Waals surface area contributed by atoms with Gasteiger partial charge in [0.2, 0.25) is 5.91 Å². The van der Waals surface area contributed by atoms with E-state index in [1.807, 2.05) is 30.3 Å². The van der Waals surface area contributed by atoms with Gasteiger partial charge in [0.25, 0.3) is 0 Å². The molecule has 0 spiro atoms. The van der Waals surface area contributed by atoms with Crippen molar-refractivity contribution in [2.45, 2.75) is 12.5 Å². The molecule has 3 N–H and O–H groups in total. The van der Waals surface area contributed by atoms with E-state index in [2.05, 4.69) is 20.6 Å². The number of para-hydroxylation sites is 1. The van der Waals surface area contributed by atoms with Gasteiger partial charge in [0, 0.05) is 18.7 Å². The molecule has 2 heterocycles. The molecular weight excluding hydrogens is 268 g/mol. The Morgan fingerprint density at radius 1 is 1.38 bits per heavy atom. The summed E-state index contributed by atoms with van der Waals surface area (Å²) in [5.41, 5.74) is 1.83. The zero-order chi connectivity index (χ0) is 14.5. The summed E-state index contributed by atoms with van der Waals surface area (Å²) in [6, 6.07) is 9.17. The van der Waals surface area contributed by atoms with Crippen LogP contribution in [-0.2, 0) is 11.2 Å². The first-order valence-corrected chi connectivity index (χ1v) is 7.05. The molecule has 1 aliphatic heterocycles. The number of carbonyl (C=O) groups is 1. The lowest BCUT2D eigenvalue weighted by atomic mass is 10.1. The van der Waals surface area contributed by atoms with Crippen LogP contribution in [0.2, 0.25) is 0 Å². The molecule has 0 bridgehead atoms. The van der Waals surface area contributed by atoms with Gasteiger partial charge in [-0.05, 0) is 12.1 Å². The minimum absolute atomic E-state index is 0.0697. The Labute approximate surface area is 122 Å². The summed E-state index contributed by atoms with van der Waals surface area (Å²) in [5, 5.41) is 6.06. The van der Waals surface area contributed by atoms with Crippen LogP contribution in [0, 0.1) is 0 Å². The van der Waals surface area contributed by atoms with Crippen molar-refractivity contribution in [2.75, 3.05) is 19.7 Å². The fourth-order valence-electron chi connectivity index (χ4n) is 2.40. The van der Waals surface area contributed by atoms with Crippen molar-refractivity contribution >= 4 is 5.91 Å². The third-order valence-electron chi connectivity index (χ3n) is 3.42. The number of ether oxygens (including phenoxy) is 1. The topological polar surface area (TPSA) is 79.0 Å². The molecule has 110 valence electrons. The van der Waals surface area contributed by atoms with Gasteiger partial charge >= 0.3 is 0 Å². The Kier molecular flexibility index (Phi) is 4.16. The van der Waals surface area contributed by atoms with Gasteiger partial charge < -0.3 is 20.4 Å². The average Bonchev–Trinajstić information content (AvgIpc) is 3.01. The molecule has 1 aromatic heterocycles. The highest BCUT2D eigenvalue weighted by Gasteiger charge is 2.27. The van der Waals surface area contributed by atoms with E-state index in [1.54, 1.807) is 6.33 Å². The van der Waals surface area contributed by atoms with Gasteiger partial charge in [0.05, 0.1) is 18.6 Å². The number of hydrogen-bond acceptors (Lipinski definition) is 4. The van der Waals surface area contributed by atoms with Gasteiger partial charge in [-0.25, -0.2) is 4.98 Å². The Bertz CT molecular complexity index is 597. The molecule has 0 saturated heterocycles. The molecule has 1 aliphatic rings. The van der Waals surface area contributed by atoms with Crippen LogP contribution < -0.4 is 15.4 Å². The van der Waals surface area contributed by atoms with Crippen molar-refractivity contribution in [2.24, 2.45) is 0 Å². The normalized spacial score (nSPS) is 17.0. The smallest absolute Gasteiger partial charge is 0.243 e. The molecule has 2 aromatic rings. The van der Waals surface area contributed by atoms with E-state index in [9.17, 15) is 4.79 Å². The van der Waals surface area contributed by atoms with Crippen molar-refractivity contribution in [3.8, 4) is 5.75 Å². The van der Waals surface area contributed by atoms with Crippen LogP contribution in [0.25, 0.3) is 0 Å². The van der Waals surface area contributed by atoms with E-state index < -0.39 is 0 Å². The summed E-state index contributed by atoms with van der Waals surface area (Å²) >= 11 is 0. The first-order chi connectivity index (χ1) is 10.3. The first kappa shape index (κ1) is 13.6. The molecule has 0 aliphatic carbocycles. The second-order valence-electron chi connectivity index (χ2n) is 4.86. The highest BCUT2D eigenvalue weighted by Crippen LogP contribution is 2.18. The average molecular weight is 286 g/mol. The Morgan fingerprint density at radius 3 is 3.10 bits per heavy atom. The minimum atomic E-state index is -0.378. The van der Waals surface area contributed by atoms with Crippen molar-refractivity contribution in [1.29, 1.82) is 0 Å². The number of rotatable bonds is 5. The quantitative estimate of drug-likeness (QED) is 0.710. The zero-order valence-corrected chi connectivity index (χ0v) is 11.6. The van der Waals surface area contributed by atoms with E-state index in [-0.39, 0.29) is 11.9 Å². The van der Waals surface area contributed by atoms with E-state index in [4.69, 9.17) is 4.74 Å². The van der Waals surface area contributed by atoms with Gasteiger partial charge in [0.15, 0.2) is 0 Å². The molecule has 1 aromatic carbocycles. The molecule has 0 saturated carbocycles. The molecule has 21 heavy (non-hydrogen) atoms. The number of fused-ring (bicyclic) bond motifs is 1. The van der Waals surface area contributed by atoms with Crippen molar-refractivity contribution in [3.63, 3.8) is 0 Å². The number of H-pyrrole nitrogens is 1. The first-order valence-electron chi connectivity index (χ1n) is 7.05. The summed E-state index contributed by atoms with van der Waals surface area (Å²) in [6.07, 6.45) is 2.51. The minimum Gasteiger partial charge on any atom is -0.492 e. The van der Waals surface area contributed by atoms with Crippen molar-refractivity contribution in [1.82, 2.24) is 20.6 Å². The number of carbonyl (C=O) groups excluding carboxylic acids is 1. The Hall–Kier alpha value is -2.34. The van der Waals surface area contributed by atoms with Gasteiger partial charge in [-0.2, -0.15) is 0 Å². The molecular formula is C15H18N4O2. The number of nitrogens with one attached hydrogen (secondary N) is 3. The number of hydrogen-bond donors (Lipinski definition) is 3. The molecule has 1 amide bonds. The number of benzene rings is 1. The summed E-state index contributed by atoms with van der Waals surface area (Å²) in [7, 11) is 0. The van der Waals surface area contributed by atoms with Gasteiger partial charge in [0.1, 0.15) is 18.4 Å². The second-order valence-corrected chi connectivity index (χ2v) is 4.86. The van der Waals surface area contributed by atoms with Crippen molar-refractivity contribution in [3.05, 3.63) is 48.0 Å². The molecule has 0 fully saturated rings. The molecule has 6 nitrogen and oxygen atoms in total. The molecule has 1 atom stereocenters. The Morgan fingerprint density at radius 2 is 2.24 bits per heavy atom. The number of nitrogens with zero attached hydrogens (tertiary/aromatic N) is 1. The number of imidazole rings is 1. The van der Waals surface area contributed by atoms with Crippen LogP contribution >= 0.6 is 0 Å². The number of aromatic nitrogens is 2. The lowest BCUT2D eigenvalue weighted by Crippen LogP contribution is -2.42. The van der Waals surface area contributed by atoms with Crippen LogP contribution in [-0.4, -0.2) is 35.6 Å². The maximum atomic E-state index is 12.2. The maximum Gasteiger partial charge on any atom is 0.243 e. The largest absolute Gasteiger partial charge is 0.492 e. The zero-order valence-electron chi connectivity index (χ0n) is 11.6. The summed E-state index contributed by atoms with van der Waals surface area (Å²) < 4.78 is 5.54. The van der Waals surface area contributed by atoms with Crippen molar-refractivity contribution < 1.29 is 9.53 Å². The van der Waals surface area contributed by atoms with Gasteiger partial charge in [-0.1, -0.05) is 18.2 Å². The van der Waals surface area contributed by atoms with Crippen LogP contribution in [0.5, 0.6) is 5.75 Å². The predicted octanol–water partition coefficient (Wildman–Crippen LogP) is 0.792. The summed E-state index contributed by atoms with van der Waals surface area (Å²) in [6.45, 7) is 1.68. The second kappa shape index (κ2) is 6.41. The molecule has 6 heteroatoms. The van der Waals surface area contributed by atoms with Crippen LogP contribution in [0.4, 0.5) is 0 Å². The standard InChI is InChI=1S/C15H18N4O2/c20-15(14-13-12(6-7-16-14)18-10-19-13)17-8-9-21-11-4-2-1-3-5-11/h1-5,10,14,16H,6-9H2,(H,17,20)(H,18,19)/t14-/m0/s1. The Balaban J connectivity index is 1.47. The fraction of sp³-hybridized carbons (Fsp3) is 0.333. The van der Waals surface area contributed by atoms with Crippen LogP contribution in [0.1, 0.15) is 17.4 Å². The molecule has 0 radical (unpaired) electrons. The number of aromatic amines is 1. The fourth-order valence-corrected chi connectivity index (χ4v) is 2.40. The lowest BCUT2D eigenvalue weighted by Gasteiger charge is -2.22. The maximum absolute atomic E-state index is 12.2. The van der Waals surface area contributed by atoms with Gasteiger partial charge in [-0.15, -0.1) is 0 Å². The number of amides is 1. The third kappa shape index (κ3) is 3.22. The van der Waals surface area contributed by atoms with E-state index in [0.29, 0.717) is 13.2 Å². The van der Waals surface area contributed by atoms with Gasteiger partial charge in [-0.3, -0.25) is 4.79 Å². The molecule has 0 unspecified atom stereocenters. The lowest BCUT2D eigenvalue weighted by molar-refractivity contribution is -0.123. The van der Waals surface area contributed by atoms with E-state index in [0.717, 1.165) is 30.1 Å². The monoisotopic (exact) mass is 286 g/mol. The van der Waals surface area contributed by atoms with Crippen LogP contribution in [0.3, 0.4) is 0 Å². The summed E-state index contributed by atoms with van der Waals surface area (Å²) in [4.78, 5) is 19.5. The van der Waals surface area contributed by atoms with E-state index in [1.165, 1.54) is 0 Å². The SMILES string of the molecule is O=C(NCCOc1ccccc1)[C@H]1NCCc2[nH]cnc21. The predicted molar refractivity (Wildman–Crippen MR) is 78.0 cm³/mol. The van der Waals surface area contributed by atoms with Crippen LogP contribution in [0.15, 0.2) is 36.7 Å².